The zero-order valence-electron chi connectivity index (χ0n) is 11.4. The van der Waals surface area contributed by atoms with Crippen molar-refractivity contribution >= 4 is 39.0 Å². The summed E-state index contributed by atoms with van der Waals surface area (Å²) in [4.78, 5) is 17.0. The van der Waals surface area contributed by atoms with Crippen LogP contribution in [0.5, 0.6) is 0 Å². The Kier molecular flexibility index (Phi) is 5.12. The molecule has 0 unspecified atom stereocenters. The molecule has 4 nitrogen and oxygen atoms in total. The maximum atomic E-state index is 12.5. The van der Waals surface area contributed by atoms with E-state index in [2.05, 4.69) is 20.8 Å². The number of carbonyl (C=O) groups excluding carboxylic acids is 1. The van der Waals surface area contributed by atoms with Crippen molar-refractivity contribution in [1.82, 2.24) is 9.80 Å². The highest BCUT2D eigenvalue weighted by molar-refractivity contribution is 9.10. The van der Waals surface area contributed by atoms with Crippen molar-refractivity contribution in [2.45, 2.75) is 6.92 Å². The Morgan fingerprint density at radius 3 is 2.50 bits per heavy atom. The van der Waals surface area contributed by atoms with Crippen LogP contribution in [0.4, 0.5) is 0 Å². The molecule has 6 heteroatoms. The molecule has 0 saturated carbocycles. The Bertz CT molecular complexity index is 507. The van der Waals surface area contributed by atoms with Crippen molar-refractivity contribution in [3.05, 3.63) is 33.8 Å². The Balaban J connectivity index is 1.99. The molecule has 1 amide bonds. The molecule has 2 N–H and O–H groups in total. The maximum Gasteiger partial charge on any atom is 0.253 e. The van der Waals surface area contributed by atoms with Gasteiger partial charge in [0.25, 0.3) is 5.91 Å². The van der Waals surface area contributed by atoms with Crippen molar-refractivity contribution in [2.24, 2.45) is 5.73 Å². The first-order valence-electron chi connectivity index (χ1n) is 6.53. The van der Waals surface area contributed by atoms with E-state index in [-0.39, 0.29) is 5.91 Å². The van der Waals surface area contributed by atoms with Gasteiger partial charge in [-0.05, 0) is 30.7 Å². The van der Waals surface area contributed by atoms with Crippen LogP contribution in [-0.2, 0) is 0 Å². The standard InChI is InChI=1S/C14H18BrN3OS/c1-10-6-11(8-12(15)7-10)14(19)18-4-2-17(3-5-18)9-13(16)20/h6-8H,2-5,9H2,1H3,(H2,16,20). The van der Waals surface area contributed by atoms with Crippen molar-refractivity contribution < 1.29 is 4.79 Å². The lowest BCUT2D eigenvalue weighted by atomic mass is 10.1. The van der Waals surface area contributed by atoms with E-state index in [1.165, 1.54) is 0 Å². The van der Waals surface area contributed by atoms with Gasteiger partial charge in [0.2, 0.25) is 0 Å². The van der Waals surface area contributed by atoms with Crippen LogP contribution in [-0.4, -0.2) is 53.4 Å². The molecule has 1 saturated heterocycles. The highest BCUT2D eigenvalue weighted by Crippen LogP contribution is 2.17. The van der Waals surface area contributed by atoms with Gasteiger partial charge in [-0.2, -0.15) is 0 Å². The molecule has 2 rings (SSSR count). The molecule has 0 bridgehead atoms. The van der Waals surface area contributed by atoms with Crippen LogP contribution in [0, 0.1) is 6.92 Å². The number of nitrogens with two attached hydrogens (primary N) is 1. The van der Waals surface area contributed by atoms with Gasteiger partial charge in [-0.3, -0.25) is 9.69 Å². The molecule has 0 radical (unpaired) electrons. The minimum atomic E-state index is 0.0874. The molecule has 1 aromatic carbocycles. The van der Waals surface area contributed by atoms with Gasteiger partial charge in [-0.1, -0.05) is 28.1 Å². The molecule has 0 aliphatic carbocycles. The van der Waals surface area contributed by atoms with Gasteiger partial charge in [0.05, 0.1) is 4.99 Å². The molecule has 1 aliphatic rings. The van der Waals surface area contributed by atoms with E-state index in [9.17, 15) is 4.79 Å². The lowest BCUT2D eigenvalue weighted by Gasteiger charge is -2.34. The highest BCUT2D eigenvalue weighted by Gasteiger charge is 2.22. The summed E-state index contributed by atoms with van der Waals surface area (Å²) in [7, 11) is 0. The summed E-state index contributed by atoms with van der Waals surface area (Å²) in [6.07, 6.45) is 0. The molecule has 1 heterocycles. The molecule has 0 atom stereocenters. The van der Waals surface area contributed by atoms with Crippen LogP contribution in [0.1, 0.15) is 15.9 Å². The minimum absolute atomic E-state index is 0.0874. The van der Waals surface area contributed by atoms with Crippen LogP contribution in [0.2, 0.25) is 0 Å². The Hall–Kier alpha value is -0.980. The third-order valence-corrected chi connectivity index (χ3v) is 3.91. The number of aryl methyl sites for hydroxylation is 1. The van der Waals surface area contributed by atoms with E-state index in [1.807, 2.05) is 30.0 Å². The number of rotatable bonds is 3. The summed E-state index contributed by atoms with van der Waals surface area (Å²) >= 11 is 8.35. The fraction of sp³-hybridized carbons (Fsp3) is 0.429. The Morgan fingerprint density at radius 1 is 1.30 bits per heavy atom. The molecule has 1 aromatic rings. The SMILES string of the molecule is Cc1cc(Br)cc(C(=O)N2CCN(CC(N)=S)CC2)c1. The maximum absolute atomic E-state index is 12.5. The topological polar surface area (TPSA) is 49.6 Å². The van der Waals surface area contributed by atoms with Gasteiger partial charge in [-0.25, -0.2) is 0 Å². The lowest BCUT2D eigenvalue weighted by molar-refractivity contribution is 0.0654. The summed E-state index contributed by atoms with van der Waals surface area (Å²) in [5.41, 5.74) is 7.36. The molecule has 0 aromatic heterocycles. The van der Waals surface area contributed by atoms with E-state index in [0.29, 0.717) is 24.6 Å². The largest absolute Gasteiger partial charge is 0.392 e. The second-order valence-corrected chi connectivity index (χ2v) is 6.49. The monoisotopic (exact) mass is 355 g/mol. The third kappa shape index (κ3) is 4.01. The number of halogens is 1. The molecular weight excluding hydrogens is 338 g/mol. The summed E-state index contributed by atoms with van der Waals surface area (Å²) in [5.74, 6) is 0.0874. The van der Waals surface area contributed by atoms with Crippen LogP contribution >= 0.6 is 28.1 Å². The van der Waals surface area contributed by atoms with Crippen LogP contribution in [0.15, 0.2) is 22.7 Å². The van der Waals surface area contributed by atoms with E-state index < -0.39 is 0 Å². The van der Waals surface area contributed by atoms with Gasteiger partial charge in [0, 0.05) is 42.8 Å². The molecule has 1 aliphatic heterocycles. The summed E-state index contributed by atoms with van der Waals surface area (Å²) in [5, 5.41) is 0. The van der Waals surface area contributed by atoms with Gasteiger partial charge in [-0.15, -0.1) is 0 Å². The highest BCUT2D eigenvalue weighted by atomic mass is 79.9. The average molecular weight is 356 g/mol. The van der Waals surface area contributed by atoms with E-state index in [1.54, 1.807) is 0 Å². The van der Waals surface area contributed by atoms with Crippen molar-refractivity contribution in [3.8, 4) is 0 Å². The fourth-order valence-corrected chi connectivity index (χ4v) is 3.16. The second-order valence-electron chi connectivity index (χ2n) is 5.05. The number of benzene rings is 1. The van der Waals surface area contributed by atoms with Crippen LogP contribution < -0.4 is 5.73 Å². The molecule has 1 fully saturated rings. The number of hydrogen-bond acceptors (Lipinski definition) is 3. The van der Waals surface area contributed by atoms with Gasteiger partial charge in [0.15, 0.2) is 0 Å². The quantitative estimate of drug-likeness (QED) is 0.840. The Labute approximate surface area is 133 Å². The summed E-state index contributed by atoms with van der Waals surface area (Å²) in [6, 6.07) is 5.79. The van der Waals surface area contributed by atoms with Crippen LogP contribution in [0.3, 0.4) is 0 Å². The lowest BCUT2D eigenvalue weighted by Crippen LogP contribution is -2.50. The summed E-state index contributed by atoms with van der Waals surface area (Å²) < 4.78 is 0.938. The molecule has 0 spiro atoms. The van der Waals surface area contributed by atoms with Crippen molar-refractivity contribution in [1.29, 1.82) is 0 Å². The average Bonchev–Trinajstić information content (AvgIpc) is 2.37. The number of amides is 1. The normalized spacial score (nSPS) is 16.2. The predicted molar refractivity (Wildman–Crippen MR) is 88.0 cm³/mol. The first-order chi connectivity index (χ1) is 9.45. The Morgan fingerprint density at radius 2 is 1.95 bits per heavy atom. The number of thiocarbonyl (C=S) groups is 1. The first-order valence-corrected chi connectivity index (χ1v) is 7.73. The molecular formula is C14H18BrN3OS. The van der Waals surface area contributed by atoms with Gasteiger partial charge >= 0.3 is 0 Å². The first kappa shape index (κ1) is 15.4. The number of hydrogen-bond donors (Lipinski definition) is 1. The smallest absolute Gasteiger partial charge is 0.253 e. The fourth-order valence-electron chi connectivity index (χ4n) is 2.37. The van der Waals surface area contributed by atoms with Crippen molar-refractivity contribution in [3.63, 3.8) is 0 Å². The van der Waals surface area contributed by atoms with Crippen LogP contribution in [0.25, 0.3) is 0 Å². The molecule has 20 heavy (non-hydrogen) atoms. The predicted octanol–water partition coefficient (Wildman–Crippen LogP) is 1.80. The third-order valence-electron chi connectivity index (χ3n) is 3.33. The van der Waals surface area contributed by atoms with Gasteiger partial charge in [0.1, 0.15) is 0 Å². The second kappa shape index (κ2) is 6.65. The number of carbonyl (C=O) groups is 1. The minimum Gasteiger partial charge on any atom is -0.392 e. The zero-order valence-corrected chi connectivity index (χ0v) is 13.8. The molecule has 108 valence electrons. The van der Waals surface area contributed by atoms with Gasteiger partial charge < -0.3 is 10.6 Å². The van der Waals surface area contributed by atoms with Crippen molar-refractivity contribution in [2.75, 3.05) is 32.7 Å². The van der Waals surface area contributed by atoms with E-state index >= 15 is 0 Å². The number of piperazine rings is 1. The number of nitrogens with zero attached hydrogens (tertiary/aromatic N) is 2. The van der Waals surface area contributed by atoms with E-state index in [4.69, 9.17) is 18.0 Å². The zero-order chi connectivity index (χ0) is 14.7. The summed E-state index contributed by atoms with van der Waals surface area (Å²) in [6.45, 7) is 5.68. The van der Waals surface area contributed by atoms with E-state index in [0.717, 1.165) is 28.7 Å².